The van der Waals surface area contributed by atoms with Crippen molar-refractivity contribution in [2.45, 2.75) is 0 Å². The molecule has 1 aromatic rings. The number of anilines is 1. The molecule has 0 atom stereocenters. The average molecular weight is 454 g/mol. The summed E-state index contributed by atoms with van der Waals surface area (Å²) in [7, 11) is 0. The normalized spacial score (nSPS) is 14.0. The molecule has 0 radical (unpaired) electrons. The summed E-state index contributed by atoms with van der Waals surface area (Å²) in [6, 6.07) is 5.27. The molecule has 3 N–H and O–H groups in total. The lowest BCUT2D eigenvalue weighted by atomic mass is 10.1. The lowest BCUT2D eigenvalue weighted by molar-refractivity contribution is -0.122. The highest BCUT2D eigenvalue weighted by Crippen LogP contribution is 2.20. The number of nitrogens with one attached hydrogen (secondary N) is 1. The van der Waals surface area contributed by atoms with Gasteiger partial charge in [0, 0.05) is 42.9 Å². The van der Waals surface area contributed by atoms with Crippen LogP contribution in [-0.4, -0.2) is 60.9 Å². The van der Waals surface area contributed by atoms with E-state index in [9.17, 15) is 9.59 Å². The second-order valence-corrected chi connectivity index (χ2v) is 6.31. The molecule has 1 fully saturated rings. The van der Waals surface area contributed by atoms with Crippen molar-refractivity contribution < 1.29 is 9.59 Å². The quantitative estimate of drug-likeness (QED) is 0.527. The maximum atomic E-state index is 12.5. The smallest absolute Gasteiger partial charge is 0.256 e. The van der Waals surface area contributed by atoms with E-state index in [0.717, 1.165) is 4.47 Å². The van der Waals surface area contributed by atoms with Crippen LogP contribution in [0.3, 0.4) is 0 Å². The standard InChI is InChI=1S/C16H21BrN4O2.2ClH/c1-2-5-19-15(22)11-20-6-8-21(9-7-20)16(23)13-4-3-12(17)10-14(13)18;;/h2-4,10H,1,5-9,11,18H2,(H,19,22);2*1H. The Kier molecular flexibility index (Phi) is 10.8. The minimum absolute atomic E-state index is 0. The first-order chi connectivity index (χ1) is 11.0. The maximum Gasteiger partial charge on any atom is 0.256 e. The number of amides is 2. The van der Waals surface area contributed by atoms with E-state index < -0.39 is 0 Å². The summed E-state index contributed by atoms with van der Waals surface area (Å²) < 4.78 is 0.849. The monoisotopic (exact) mass is 452 g/mol. The van der Waals surface area contributed by atoms with Crippen LogP contribution in [0.4, 0.5) is 5.69 Å². The van der Waals surface area contributed by atoms with Crippen LogP contribution in [-0.2, 0) is 4.79 Å². The summed E-state index contributed by atoms with van der Waals surface area (Å²) in [5.41, 5.74) is 6.91. The molecule has 2 rings (SSSR count). The molecule has 0 aromatic heterocycles. The van der Waals surface area contributed by atoms with Gasteiger partial charge in [0.2, 0.25) is 5.91 Å². The Labute approximate surface area is 168 Å². The van der Waals surface area contributed by atoms with Crippen molar-refractivity contribution >= 4 is 58.2 Å². The summed E-state index contributed by atoms with van der Waals surface area (Å²) in [6.45, 7) is 6.89. The minimum atomic E-state index is -0.0641. The Morgan fingerprint density at radius 2 is 1.88 bits per heavy atom. The fraction of sp³-hybridized carbons (Fsp3) is 0.375. The highest BCUT2D eigenvalue weighted by Gasteiger charge is 2.24. The molecule has 9 heteroatoms. The number of piperazine rings is 1. The average Bonchev–Trinajstić information content (AvgIpc) is 2.53. The van der Waals surface area contributed by atoms with Crippen LogP contribution < -0.4 is 11.1 Å². The Morgan fingerprint density at radius 3 is 2.44 bits per heavy atom. The predicted molar refractivity (Wildman–Crippen MR) is 109 cm³/mol. The van der Waals surface area contributed by atoms with Crippen LogP contribution in [0, 0.1) is 0 Å². The molecule has 25 heavy (non-hydrogen) atoms. The minimum Gasteiger partial charge on any atom is -0.398 e. The highest BCUT2D eigenvalue weighted by atomic mass is 79.9. The molecule has 0 spiro atoms. The summed E-state index contributed by atoms with van der Waals surface area (Å²) in [4.78, 5) is 28.0. The fourth-order valence-electron chi connectivity index (χ4n) is 2.45. The Hall–Kier alpha value is -1.28. The van der Waals surface area contributed by atoms with Crippen molar-refractivity contribution in [3.63, 3.8) is 0 Å². The number of halogens is 3. The maximum absolute atomic E-state index is 12.5. The number of carbonyl (C=O) groups excluding carboxylic acids is 2. The number of rotatable bonds is 5. The Morgan fingerprint density at radius 1 is 1.24 bits per heavy atom. The largest absolute Gasteiger partial charge is 0.398 e. The van der Waals surface area contributed by atoms with Crippen molar-refractivity contribution in [3.8, 4) is 0 Å². The third-order valence-corrected chi connectivity index (χ3v) is 4.21. The van der Waals surface area contributed by atoms with Crippen LogP contribution in [0.2, 0.25) is 0 Å². The third-order valence-electron chi connectivity index (χ3n) is 3.71. The highest BCUT2D eigenvalue weighted by molar-refractivity contribution is 9.10. The van der Waals surface area contributed by atoms with Crippen LogP contribution in [0.25, 0.3) is 0 Å². The van der Waals surface area contributed by atoms with E-state index in [-0.39, 0.29) is 36.6 Å². The van der Waals surface area contributed by atoms with Crippen molar-refractivity contribution in [2.75, 3.05) is 45.0 Å². The molecule has 6 nitrogen and oxygen atoms in total. The molecule has 1 aliphatic rings. The number of nitrogens with zero attached hydrogens (tertiary/aromatic N) is 2. The second-order valence-electron chi connectivity index (χ2n) is 5.39. The number of hydrogen-bond donors (Lipinski definition) is 2. The zero-order chi connectivity index (χ0) is 16.8. The van der Waals surface area contributed by atoms with Crippen molar-refractivity contribution in [1.29, 1.82) is 0 Å². The summed E-state index contributed by atoms with van der Waals surface area (Å²) >= 11 is 3.33. The number of carbonyl (C=O) groups is 2. The fourth-order valence-corrected chi connectivity index (χ4v) is 2.83. The van der Waals surface area contributed by atoms with Gasteiger partial charge in [-0.15, -0.1) is 31.4 Å². The van der Waals surface area contributed by atoms with Gasteiger partial charge in [0.25, 0.3) is 5.91 Å². The Balaban J connectivity index is 0.00000288. The predicted octanol–water partition coefficient (Wildman–Crippen LogP) is 1.93. The molecule has 1 aromatic carbocycles. The lowest BCUT2D eigenvalue weighted by Gasteiger charge is -2.34. The zero-order valence-corrected chi connectivity index (χ0v) is 17.0. The molecule has 0 unspecified atom stereocenters. The number of nitrogens with two attached hydrogens (primary N) is 1. The molecule has 1 heterocycles. The van der Waals surface area contributed by atoms with Crippen LogP contribution in [0.1, 0.15) is 10.4 Å². The Bertz CT molecular complexity index is 608. The van der Waals surface area contributed by atoms with Gasteiger partial charge in [-0.3, -0.25) is 14.5 Å². The van der Waals surface area contributed by atoms with Gasteiger partial charge < -0.3 is 16.0 Å². The van der Waals surface area contributed by atoms with Gasteiger partial charge in [-0.1, -0.05) is 22.0 Å². The van der Waals surface area contributed by atoms with Gasteiger partial charge in [-0.05, 0) is 18.2 Å². The SMILES string of the molecule is C=CCNC(=O)CN1CCN(C(=O)c2ccc(Br)cc2N)CC1.Cl.Cl. The summed E-state index contributed by atoms with van der Waals surface area (Å²) in [5.74, 6) is -0.0902. The van der Waals surface area contributed by atoms with E-state index in [1.54, 1.807) is 23.1 Å². The van der Waals surface area contributed by atoms with Gasteiger partial charge in [0.1, 0.15) is 0 Å². The molecule has 1 saturated heterocycles. The molecule has 0 bridgehead atoms. The van der Waals surface area contributed by atoms with E-state index in [4.69, 9.17) is 5.73 Å². The molecular formula is C16H23BrCl2N4O2. The van der Waals surface area contributed by atoms with E-state index in [2.05, 4.69) is 27.8 Å². The number of benzene rings is 1. The van der Waals surface area contributed by atoms with E-state index in [1.165, 1.54) is 0 Å². The first-order valence-electron chi connectivity index (χ1n) is 7.45. The molecule has 2 amide bonds. The van der Waals surface area contributed by atoms with Crippen LogP contribution in [0.15, 0.2) is 35.3 Å². The van der Waals surface area contributed by atoms with Gasteiger partial charge in [-0.2, -0.15) is 0 Å². The topological polar surface area (TPSA) is 78.7 Å². The van der Waals surface area contributed by atoms with Gasteiger partial charge in [0.15, 0.2) is 0 Å². The molecule has 0 saturated carbocycles. The first kappa shape index (κ1) is 23.7. The lowest BCUT2D eigenvalue weighted by Crippen LogP contribution is -2.51. The summed E-state index contributed by atoms with van der Waals surface area (Å²) in [5, 5.41) is 2.75. The molecule has 140 valence electrons. The van der Waals surface area contributed by atoms with E-state index in [1.807, 2.05) is 11.0 Å². The van der Waals surface area contributed by atoms with Crippen molar-refractivity contribution in [1.82, 2.24) is 15.1 Å². The number of hydrogen-bond acceptors (Lipinski definition) is 4. The third kappa shape index (κ3) is 6.86. The van der Waals surface area contributed by atoms with Gasteiger partial charge in [0.05, 0.1) is 12.1 Å². The van der Waals surface area contributed by atoms with Gasteiger partial charge in [-0.25, -0.2) is 0 Å². The zero-order valence-electron chi connectivity index (χ0n) is 13.7. The van der Waals surface area contributed by atoms with E-state index >= 15 is 0 Å². The second kappa shape index (κ2) is 11.4. The summed E-state index contributed by atoms with van der Waals surface area (Å²) in [6.07, 6.45) is 1.65. The first-order valence-corrected chi connectivity index (χ1v) is 8.25. The van der Waals surface area contributed by atoms with Crippen LogP contribution >= 0.6 is 40.7 Å². The van der Waals surface area contributed by atoms with E-state index in [0.29, 0.717) is 50.5 Å². The molecule has 0 aliphatic carbocycles. The molecule has 1 aliphatic heterocycles. The van der Waals surface area contributed by atoms with Crippen molar-refractivity contribution in [2.24, 2.45) is 0 Å². The molecular weight excluding hydrogens is 431 g/mol. The van der Waals surface area contributed by atoms with Crippen molar-refractivity contribution in [3.05, 3.63) is 40.9 Å². The van der Waals surface area contributed by atoms with Crippen LogP contribution in [0.5, 0.6) is 0 Å². The number of nitrogen functional groups attached to an aromatic ring is 1. The van der Waals surface area contributed by atoms with Gasteiger partial charge >= 0.3 is 0 Å².